The van der Waals surface area contributed by atoms with Gasteiger partial charge in [-0.3, -0.25) is 4.79 Å². The fourth-order valence-electron chi connectivity index (χ4n) is 1.95. The number of aliphatic hydroxyl groups is 1. The molecule has 1 aliphatic carbocycles. The van der Waals surface area contributed by atoms with Gasteiger partial charge in [0.2, 0.25) is 5.91 Å². The second-order valence-electron chi connectivity index (χ2n) is 5.43. The van der Waals surface area contributed by atoms with Gasteiger partial charge in [0.05, 0.1) is 6.04 Å². The largest absolute Gasteiger partial charge is 0.396 e. The number of amides is 1. The van der Waals surface area contributed by atoms with Gasteiger partial charge in [-0.25, -0.2) is 0 Å². The van der Waals surface area contributed by atoms with E-state index in [4.69, 9.17) is 10.8 Å². The highest BCUT2D eigenvalue weighted by Crippen LogP contribution is 2.47. The number of nitrogens with one attached hydrogen (secondary N) is 1. The number of carbonyl (C=O) groups excluding carboxylic acids is 1. The number of rotatable bonds is 7. The van der Waals surface area contributed by atoms with Gasteiger partial charge in [0.15, 0.2) is 0 Å². The van der Waals surface area contributed by atoms with Crippen molar-refractivity contribution >= 4 is 5.91 Å². The third-order valence-corrected chi connectivity index (χ3v) is 3.30. The van der Waals surface area contributed by atoms with Gasteiger partial charge in [-0.1, -0.05) is 13.8 Å². The molecule has 1 fully saturated rings. The molecular weight excluding hydrogens is 204 g/mol. The minimum absolute atomic E-state index is 0.0575. The summed E-state index contributed by atoms with van der Waals surface area (Å²) >= 11 is 0. The molecule has 16 heavy (non-hydrogen) atoms. The zero-order valence-corrected chi connectivity index (χ0v) is 10.3. The van der Waals surface area contributed by atoms with Crippen LogP contribution < -0.4 is 11.1 Å². The number of aliphatic hydroxyl groups excluding tert-OH is 1. The van der Waals surface area contributed by atoms with Crippen LogP contribution in [-0.2, 0) is 4.79 Å². The minimum Gasteiger partial charge on any atom is -0.396 e. The molecule has 94 valence electrons. The Morgan fingerprint density at radius 1 is 1.50 bits per heavy atom. The van der Waals surface area contributed by atoms with Crippen LogP contribution in [0.5, 0.6) is 0 Å². The molecule has 0 aliphatic heterocycles. The van der Waals surface area contributed by atoms with E-state index in [0.29, 0.717) is 12.5 Å². The summed E-state index contributed by atoms with van der Waals surface area (Å²) in [4.78, 5) is 11.7. The van der Waals surface area contributed by atoms with Crippen LogP contribution in [0.3, 0.4) is 0 Å². The molecule has 1 unspecified atom stereocenters. The first-order valence-electron chi connectivity index (χ1n) is 6.13. The van der Waals surface area contributed by atoms with Crippen LogP contribution in [0, 0.1) is 11.3 Å². The Morgan fingerprint density at radius 3 is 2.56 bits per heavy atom. The zero-order valence-electron chi connectivity index (χ0n) is 10.3. The Hall–Kier alpha value is -0.610. The highest BCUT2D eigenvalue weighted by molar-refractivity contribution is 5.81. The van der Waals surface area contributed by atoms with Crippen LogP contribution >= 0.6 is 0 Å². The molecule has 1 amide bonds. The molecule has 0 aromatic carbocycles. The predicted octanol–water partition coefficient (Wildman–Crippen LogP) is 0.639. The van der Waals surface area contributed by atoms with Crippen molar-refractivity contribution in [1.82, 2.24) is 5.32 Å². The third kappa shape index (κ3) is 4.10. The maximum atomic E-state index is 11.7. The van der Waals surface area contributed by atoms with Gasteiger partial charge in [0.1, 0.15) is 0 Å². The van der Waals surface area contributed by atoms with E-state index in [9.17, 15) is 4.79 Å². The van der Waals surface area contributed by atoms with Gasteiger partial charge in [0, 0.05) is 13.2 Å². The number of hydrogen-bond acceptors (Lipinski definition) is 3. The molecular formula is C12H24N2O2. The molecule has 1 rings (SSSR count). The van der Waals surface area contributed by atoms with Crippen molar-refractivity contribution in [3.63, 3.8) is 0 Å². The van der Waals surface area contributed by atoms with Crippen LogP contribution in [0.2, 0.25) is 0 Å². The van der Waals surface area contributed by atoms with E-state index >= 15 is 0 Å². The Kier molecular flexibility index (Phi) is 4.74. The maximum absolute atomic E-state index is 11.7. The Balaban J connectivity index is 2.24. The Bertz CT molecular complexity index is 237. The maximum Gasteiger partial charge on any atom is 0.236 e. The van der Waals surface area contributed by atoms with E-state index in [-0.39, 0.29) is 17.9 Å². The molecule has 4 nitrogen and oxygen atoms in total. The number of carbonyl (C=O) groups is 1. The second kappa shape index (κ2) is 5.64. The summed E-state index contributed by atoms with van der Waals surface area (Å²) in [6.45, 7) is 4.98. The van der Waals surface area contributed by atoms with E-state index in [1.165, 1.54) is 0 Å². The lowest BCUT2D eigenvalue weighted by molar-refractivity contribution is -0.123. The molecule has 0 saturated heterocycles. The van der Waals surface area contributed by atoms with Gasteiger partial charge < -0.3 is 16.2 Å². The van der Waals surface area contributed by atoms with E-state index < -0.39 is 6.04 Å². The third-order valence-electron chi connectivity index (χ3n) is 3.30. The summed E-state index contributed by atoms with van der Waals surface area (Å²) < 4.78 is 0. The molecule has 4 N–H and O–H groups in total. The summed E-state index contributed by atoms with van der Waals surface area (Å²) in [5.74, 6) is 0.381. The summed E-state index contributed by atoms with van der Waals surface area (Å²) in [6, 6.07) is -0.398. The Labute approximate surface area is 97.6 Å². The minimum atomic E-state index is -0.398. The topological polar surface area (TPSA) is 75.4 Å². The molecule has 4 heteroatoms. The van der Waals surface area contributed by atoms with Gasteiger partial charge >= 0.3 is 0 Å². The quantitative estimate of drug-likeness (QED) is 0.598. The zero-order chi connectivity index (χ0) is 12.2. The summed E-state index contributed by atoms with van der Waals surface area (Å²) in [5, 5.41) is 11.8. The SMILES string of the molecule is CC(C)CC(N)C(=O)NCC1(CCO)CC1. The van der Waals surface area contributed by atoms with Gasteiger partial charge in [-0.15, -0.1) is 0 Å². The first-order valence-corrected chi connectivity index (χ1v) is 6.13. The van der Waals surface area contributed by atoms with Crippen molar-refractivity contribution in [2.45, 2.75) is 45.6 Å². The molecule has 0 aromatic heterocycles. The average Bonchev–Trinajstić information content (AvgIpc) is 2.94. The molecule has 0 heterocycles. The van der Waals surface area contributed by atoms with Gasteiger partial charge in [-0.05, 0) is 37.0 Å². The number of nitrogens with two attached hydrogens (primary N) is 1. The molecule has 0 bridgehead atoms. The first kappa shape index (κ1) is 13.5. The fourth-order valence-corrected chi connectivity index (χ4v) is 1.95. The normalized spacial score (nSPS) is 19.6. The van der Waals surface area contributed by atoms with Crippen molar-refractivity contribution in [2.24, 2.45) is 17.1 Å². The monoisotopic (exact) mass is 228 g/mol. The average molecular weight is 228 g/mol. The molecule has 0 spiro atoms. The molecule has 0 radical (unpaired) electrons. The molecule has 1 atom stereocenters. The lowest BCUT2D eigenvalue weighted by Crippen LogP contribution is -2.43. The predicted molar refractivity (Wildman–Crippen MR) is 63.8 cm³/mol. The summed E-state index contributed by atoms with van der Waals surface area (Å²) in [6.07, 6.45) is 3.71. The highest BCUT2D eigenvalue weighted by Gasteiger charge is 2.42. The van der Waals surface area contributed by atoms with E-state index in [1.807, 2.05) is 0 Å². The van der Waals surface area contributed by atoms with Crippen molar-refractivity contribution in [3.8, 4) is 0 Å². The van der Waals surface area contributed by atoms with E-state index in [1.54, 1.807) is 0 Å². The van der Waals surface area contributed by atoms with Gasteiger partial charge in [-0.2, -0.15) is 0 Å². The van der Waals surface area contributed by atoms with Crippen LogP contribution in [0.1, 0.15) is 39.5 Å². The van der Waals surface area contributed by atoms with Crippen molar-refractivity contribution in [3.05, 3.63) is 0 Å². The smallest absolute Gasteiger partial charge is 0.236 e. The molecule has 1 aliphatic rings. The van der Waals surface area contributed by atoms with Crippen LogP contribution in [0.15, 0.2) is 0 Å². The van der Waals surface area contributed by atoms with Crippen molar-refractivity contribution < 1.29 is 9.90 Å². The van der Waals surface area contributed by atoms with E-state index in [2.05, 4.69) is 19.2 Å². The number of hydrogen-bond donors (Lipinski definition) is 3. The van der Waals surface area contributed by atoms with Crippen molar-refractivity contribution in [2.75, 3.05) is 13.2 Å². The standard InChI is InChI=1S/C12H24N2O2/c1-9(2)7-10(13)11(16)14-8-12(3-4-12)5-6-15/h9-10,15H,3-8,13H2,1-2H3,(H,14,16). The molecule has 1 saturated carbocycles. The Morgan fingerprint density at radius 2 is 2.12 bits per heavy atom. The lowest BCUT2D eigenvalue weighted by atomic mass is 10.0. The second-order valence-corrected chi connectivity index (χ2v) is 5.43. The molecule has 0 aromatic rings. The lowest BCUT2D eigenvalue weighted by Gasteiger charge is -2.18. The van der Waals surface area contributed by atoms with Crippen LogP contribution in [-0.4, -0.2) is 30.2 Å². The van der Waals surface area contributed by atoms with E-state index in [0.717, 1.165) is 25.7 Å². The van der Waals surface area contributed by atoms with Gasteiger partial charge in [0.25, 0.3) is 0 Å². The summed E-state index contributed by atoms with van der Waals surface area (Å²) in [7, 11) is 0. The van der Waals surface area contributed by atoms with Crippen LogP contribution in [0.25, 0.3) is 0 Å². The van der Waals surface area contributed by atoms with Crippen LogP contribution in [0.4, 0.5) is 0 Å². The fraction of sp³-hybridized carbons (Fsp3) is 0.917. The first-order chi connectivity index (χ1) is 7.49. The van der Waals surface area contributed by atoms with Crippen molar-refractivity contribution in [1.29, 1.82) is 0 Å². The summed E-state index contributed by atoms with van der Waals surface area (Å²) in [5.41, 5.74) is 5.95. The highest BCUT2D eigenvalue weighted by atomic mass is 16.3.